The predicted molar refractivity (Wildman–Crippen MR) is 102 cm³/mol. The molecule has 1 saturated carbocycles. The molecule has 0 atom stereocenters. The molecule has 26 heavy (non-hydrogen) atoms. The zero-order valence-electron chi connectivity index (χ0n) is 14.8. The average Bonchev–Trinajstić information content (AvgIpc) is 2.96. The minimum Gasteiger partial charge on any atom is -0.354 e. The van der Waals surface area contributed by atoms with E-state index in [2.05, 4.69) is 15.6 Å². The number of nitrogens with zero attached hydrogens (tertiary/aromatic N) is 2. The number of likely N-dealkylation sites (N-methyl/N-ethyl adjacent to an activating group) is 1. The maximum Gasteiger partial charge on any atom is 0.245 e. The van der Waals surface area contributed by atoms with Crippen LogP contribution < -0.4 is 10.6 Å². The molecule has 0 aliphatic heterocycles. The molecule has 2 aromatic heterocycles. The van der Waals surface area contributed by atoms with Crippen LogP contribution in [0.25, 0.3) is 11.7 Å². The normalized spacial score (nSPS) is 16.7. The summed E-state index contributed by atoms with van der Waals surface area (Å²) in [6.45, 7) is 2.42. The lowest BCUT2D eigenvalue weighted by Gasteiger charge is -2.36. The SMILES string of the molecule is CCNC(=O)C1(NC(=O)/C=C/c2c(Cl)nc3ccccn23)CCCCC1. The molecule has 2 heterocycles. The van der Waals surface area contributed by atoms with Gasteiger partial charge >= 0.3 is 0 Å². The van der Waals surface area contributed by atoms with Gasteiger partial charge in [0, 0.05) is 18.8 Å². The Bertz CT molecular complexity index is 837. The summed E-state index contributed by atoms with van der Waals surface area (Å²) in [4.78, 5) is 29.3. The van der Waals surface area contributed by atoms with Gasteiger partial charge in [-0.25, -0.2) is 4.98 Å². The highest BCUT2D eigenvalue weighted by Gasteiger charge is 2.40. The van der Waals surface area contributed by atoms with Crippen LogP contribution in [0, 0.1) is 0 Å². The van der Waals surface area contributed by atoms with Crippen molar-refractivity contribution in [2.24, 2.45) is 0 Å². The van der Waals surface area contributed by atoms with Crippen molar-refractivity contribution >= 4 is 35.1 Å². The lowest BCUT2D eigenvalue weighted by atomic mass is 9.80. The van der Waals surface area contributed by atoms with Crippen LogP contribution >= 0.6 is 11.6 Å². The van der Waals surface area contributed by atoms with Crippen LogP contribution in [0.1, 0.15) is 44.7 Å². The average molecular weight is 375 g/mol. The van der Waals surface area contributed by atoms with Crippen LogP contribution in [0.2, 0.25) is 5.15 Å². The van der Waals surface area contributed by atoms with Crippen LogP contribution in [0.4, 0.5) is 0 Å². The first kappa shape index (κ1) is 18.5. The Morgan fingerprint density at radius 3 is 2.81 bits per heavy atom. The summed E-state index contributed by atoms with van der Waals surface area (Å²) >= 11 is 6.18. The standard InChI is InChI=1S/C19H23ClN4O2/c1-2-21-18(26)19(11-5-3-6-12-19)23-16(25)10-9-14-17(20)22-15-8-4-7-13-24(14)15/h4,7-10,13H,2-3,5-6,11-12H2,1H3,(H,21,26)(H,23,25)/b10-9+. The molecular formula is C19H23ClN4O2. The van der Waals surface area contributed by atoms with E-state index in [0.29, 0.717) is 35.9 Å². The van der Waals surface area contributed by atoms with E-state index in [1.165, 1.54) is 6.08 Å². The Labute approximate surface area is 157 Å². The summed E-state index contributed by atoms with van der Waals surface area (Å²) in [5.41, 5.74) is 0.524. The van der Waals surface area contributed by atoms with Gasteiger partial charge in [0.05, 0.1) is 5.69 Å². The molecule has 1 aliphatic rings. The molecule has 138 valence electrons. The molecule has 0 saturated heterocycles. The van der Waals surface area contributed by atoms with Crippen molar-refractivity contribution in [2.75, 3.05) is 6.54 Å². The van der Waals surface area contributed by atoms with Gasteiger partial charge < -0.3 is 10.6 Å². The van der Waals surface area contributed by atoms with Crippen molar-refractivity contribution in [3.63, 3.8) is 0 Å². The minimum atomic E-state index is -0.820. The number of hydrogen-bond acceptors (Lipinski definition) is 3. The van der Waals surface area contributed by atoms with Crippen molar-refractivity contribution < 1.29 is 9.59 Å². The van der Waals surface area contributed by atoms with E-state index < -0.39 is 5.54 Å². The molecule has 0 spiro atoms. The minimum absolute atomic E-state index is 0.103. The van der Waals surface area contributed by atoms with Gasteiger partial charge in [-0.15, -0.1) is 0 Å². The Balaban J connectivity index is 1.78. The molecule has 0 aromatic carbocycles. The van der Waals surface area contributed by atoms with E-state index in [-0.39, 0.29) is 11.8 Å². The third-order valence-electron chi connectivity index (χ3n) is 4.76. The molecule has 0 unspecified atom stereocenters. The van der Waals surface area contributed by atoms with E-state index in [9.17, 15) is 9.59 Å². The Morgan fingerprint density at radius 1 is 1.31 bits per heavy atom. The summed E-state index contributed by atoms with van der Waals surface area (Å²) in [6, 6.07) is 5.59. The highest BCUT2D eigenvalue weighted by Crippen LogP contribution is 2.28. The zero-order chi connectivity index (χ0) is 18.6. The maximum absolute atomic E-state index is 12.5. The fourth-order valence-electron chi connectivity index (χ4n) is 3.46. The van der Waals surface area contributed by atoms with Crippen molar-refractivity contribution in [3.8, 4) is 0 Å². The number of rotatable bonds is 5. The van der Waals surface area contributed by atoms with Crippen molar-refractivity contribution in [1.29, 1.82) is 0 Å². The Morgan fingerprint density at radius 2 is 2.08 bits per heavy atom. The predicted octanol–water partition coefficient (Wildman–Crippen LogP) is 2.96. The Hall–Kier alpha value is -2.34. The summed E-state index contributed by atoms with van der Waals surface area (Å²) < 4.78 is 1.81. The molecule has 6 nitrogen and oxygen atoms in total. The first-order chi connectivity index (χ1) is 12.6. The molecule has 0 radical (unpaired) electrons. The third kappa shape index (κ3) is 3.75. The lowest BCUT2D eigenvalue weighted by Crippen LogP contribution is -2.59. The number of fused-ring (bicyclic) bond motifs is 1. The second-order valence-corrected chi connectivity index (χ2v) is 6.90. The highest BCUT2D eigenvalue weighted by atomic mass is 35.5. The van der Waals surface area contributed by atoms with Gasteiger partial charge in [-0.05, 0) is 38.0 Å². The fourth-order valence-corrected chi connectivity index (χ4v) is 3.70. The summed E-state index contributed by atoms with van der Waals surface area (Å²) in [7, 11) is 0. The second kappa shape index (κ2) is 7.91. The van der Waals surface area contributed by atoms with Gasteiger partial charge in [-0.1, -0.05) is 36.9 Å². The molecule has 3 rings (SSSR count). The zero-order valence-corrected chi connectivity index (χ0v) is 15.6. The van der Waals surface area contributed by atoms with Gasteiger partial charge in [0.1, 0.15) is 11.2 Å². The summed E-state index contributed by atoms with van der Waals surface area (Å²) in [5.74, 6) is -0.408. The third-order valence-corrected chi connectivity index (χ3v) is 5.03. The number of halogens is 1. The van der Waals surface area contributed by atoms with Crippen molar-refractivity contribution in [3.05, 3.63) is 41.3 Å². The van der Waals surface area contributed by atoms with Gasteiger partial charge in [-0.3, -0.25) is 14.0 Å². The van der Waals surface area contributed by atoms with Crippen molar-refractivity contribution in [1.82, 2.24) is 20.0 Å². The fraction of sp³-hybridized carbons (Fsp3) is 0.421. The lowest BCUT2D eigenvalue weighted by molar-refractivity contribution is -0.133. The van der Waals surface area contributed by atoms with Crippen LogP contribution in [0.5, 0.6) is 0 Å². The van der Waals surface area contributed by atoms with E-state index in [0.717, 1.165) is 19.3 Å². The number of hydrogen-bond donors (Lipinski definition) is 2. The molecule has 7 heteroatoms. The number of carbonyl (C=O) groups excluding carboxylic acids is 2. The van der Waals surface area contributed by atoms with E-state index in [4.69, 9.17) is 11.6 Å². The summed E-state index contributed by atoms with van der Waals surface area (Å²) in [5, 5.41) is 6.12. The molecule has 2 aromatic rings. The topological polar surface area (TPSA) is 75.5 Å². The number of carbonyl (C=O) groups is 2. The monoisotopic (exact) mass is 374 g/mol. The number of aromatic nitrogens is 2. The quantitative estimate of drug-likeness (QED) is 0.790. The molecule has 2 amide bonds. The van der Waals surface area contributed by atoms with Gasteiger partial charge in [0.25, 0.3) is 0 Å². The maximum atomic E-state index is 12.5. The van der Waals surface area contributed by atoms with Gasteiger partial charge in [0.15, 0.2) is 5.15 Å². The highest BCUT2D eigenvalue weighted by molar-refractivity contribution is 6.31. The second-order valence-electron chi connectivity index (χ2n) is 6.54. The van der Waals surface area contributed by atoms with Gasteiger partial charge in [-0.2, -0.15) is 0 Å². The van der Waals surface area contributed by atoms with Crippen molar-refractivity contribution in [2.45, 2.75) is 44.6 Å². The van der Waals surface area contributed by atoms with Gasteiger partial charge in [0.2, 0.25) is 11.8 Å². The number of amides is 2. The molecule has 2 N–H and O–H groups in total. The first-order valence-corrected chi connectivity index (χ1v) is 9.34. The Kier molecular flexibility index (Phi) is 5.61. The van der Waals surface area contributed by atoms with E-state index in [1.807, 2.05) is 35.7 Å². The van der Waals surface area contributed by atoms with Crippen LogP contribution in [0.15, 0.2) is 30.5 Å². The largest absolute Gasteiger partial charge is 0.354 e. The number of nitrogens with one attached hydrogen (secondary N) is 2. The molecule has 0 bridgehead atoms. The number of imidazole rings is 1. The van der Waals surface area contributed by atoms with E-state index in [1.54, 1.807) is 6.08 Å². The molecular weight excluding hydrogens is 352 g/mol. The summed E-state index contributed by atoms with van der Waals surface area (Å²) in [6.07, 6.45) is 9.15. The van der Waals surface area contributed by atoms with Crippen LogP contribution in [-0.4, -0.2) is 33.3 Å². The first-order valence-electron chi connectivity index (χ1n) is 8.97. The van der Waals surface area contributed by atoms with Crippen LogP contribution in [-0.2, 0) is 9.59 Å². The number of pyridine rings is 1. The molecule has 1 aliphatic carbocycles. The molecule has 1 fully saturated rings. The smallest absolute Gasteiger partial charge is 0.245 e. The van der Waals surface area contributed by atoms with E-state index >= 15 is 0 Å². The van der Waals surface area contributed by atoms with Crippen LogP contribution in [0.3, 0.4) is 0 Å².